The minimum Gasteiger partial charge on any atom is -0.490 e. The smallest absolute Gasteiger partial charge is 0.387 e. The van der Waals surface area contributed by atoms with E-state index < -0.39 is 34.5 Å². The van der Waals surface area contributed by atoms with Crippen LogP contribution in [0.3, 0.4) is 0 Å². The van der Waals surface area contributed by atoms with Crippen molar-refractivity contribution >= 4 is 11.7 Å². The number of carbonyl (C=O) groups is 1. The first-order valence-corrected chi connectivity index (χ1v) is 4.41. The molecule has 7 nitrogen and oxygen atoms in total. The van der Waals surface area contributed by atoms with Crippen LogP contribution in [0.15, 0.2) is 12.1 Å². The van der Waals surface area contributed by atoms with Crippen LogP contribution in [-0.2, 0) is 0 Å². The van der Waals surface area contributed by atoms with Gasteiger partial charge in [-0.2, -0.15) is 8.78 Å². The van der Waals surface area contributed by atoms with Gasteiger partial charge >= 0.3 is 18.3 Å². The fourth-order valence-corrected chi connectivity index (χ4v) is 1.22. The van der Waals surface area contributed by atoms with Crippen molar-refractivity contribution in [3.8, 4) is 11.5 Å². The van der Waals surface area contributed by atoms with E-state index in [9.17, 15) is 23.7 Å². The van der Waals surface area contributed by atoms with Crippen LogP contribution < -0.4 is 9.47 Å². The Labute approximate surface area is 98.7 Å². The maximum atomic E-state index is 12.1. The van der Waals surface area contributed by atoms with Gasteiger partial charge in [-0.1, -0.05) is 0 Å². The normalized spacial score (nSPS) is 10.2. The van der Waals surface area contributed by atoms with E-state index in [4.69, 9.17) is 5.11 Å². The lowest BCUT2D eigenvalue weighted by Crippen LogP contribution is -2.09. The highest BCUT2D eigenvalue weighted by atomic mass is 19.3. The summed E-state index contributed by atoms with van der Waals surface area (Å²) in [5.41, 5.74) is -1.40. The van der Waals surface area contributed by atoms with Gasteiger partial charge in [-0.15, -0.1) is 0 Å². The number of rotatable bonds is 5. The predicted octanol–water partition coefficient (Wildman–Crippen LogP) is 1.90. The Balaban J connectivity index is 3.41. The number of alkyl halides is 2. The molecule has 0 fully saturated rings. The average molecular weight is 263 g/mol. The van der Waals surface area contributed by atoms with Crippen molar-refractivity contribution < 1.29 is 33.1 Å². The number of nitro benzene ring substituents is 1. The lowest BCUT2D eigenvalue weighted by atomic mass is 10.1. The van der Waals surface area contributed by atoms with Crippen molar-refractivity contribution in [1.29, 1.82) is 0 Å². The molecule has 0 aliphatic rings. The molecule has 0 bridgehead atoms. The van der Waals surface area contributed by atoms with Crippen molar-refractivity contribution in [2.75, 3.05) is 7.11 Å². The first-order valence-electron chi connectivity index (χ1n) is 4.41. The molecule has 0 heterocycles. The Morgan fingerprint density at radius 2 is 2.06 bits per heavy atom. The van der Waals surface area contributed by atoms with E-state index in [1.165, 1.54) is 0 Å². The second-order valence-corrected chi connectivity index (χ2v) is 2.96. The van der Waals surface area contributed by atoms with Crippen LogP contribution in [-0.4, -0.2) is 29.7 Å². The molecular weight excluding hydrogens is 256 g/mol. The molecule has 0 atom stereocenters. The lowest BCUT2D eigenvalue weighted by molar-refractivity contribution is -0.385. The van der Waals surface area contributed by atoms with Crippen LogP contribution in [0.4, 0.5) is 14.5 Å². The van der Waals surface area contributed by atoms with E-state index in [-0.39, 0.29) is 5.75 Å². The third kappa shape index (κ3) is 2.81. The van der Waals surface area contributed by atoms with E-state index in [0.717, 1.165) is 13.2 Å². The summed E-state index contributed by atoms with van der Waals surface area (Å²) >= 11 is 0. The highest BCUT2D eigenvalue weighted by molar-refractivity contribution is 5.92. The summed E-state index contributed by atoms with van der Waals surface area (Å²) in [5.74, 6) is -2.71. The zero-order chi connectivity index (χ0) is 13.9. The van der Waals surface area contributed by atoms with Gasteiger partial charge < -0.3 is 14.6 Å². The van der Waals surface area contributed by atoms with Crippen molar-refractivity contribution in [3.05, 3.63) is 27.8 Å². The first-order chi connectivity index (χ1) is 8.36. The summed E-state index contributed by atoms with van der Waals surface area (Å²) < 4.78 is 32.7. The third-order valence-electron chi connectivity index (χ3n) is 1.92. The number of benzene rings is 1. The van der Waals surface area contributed by atoms with Crippen LogP contribution in [0.1, 0.15) is 10.4 Å². The summed E-state index contributed by atoms with van der Waals surface area (Å²) in [6, 6.07) is 1.33. The number of nitrogens with zero attached hydrogens (tertiary/aromatic N) is 1. The van der Waals surface area contributed by atoms with Gasteiger partial charge in [0.1, 0.15) is 11.3 Å². The van der Waals surface area contributed by atoms with Gasteiger partial charge in [-0.05, 0) is 0 Å². The van der Waals surface area contributed by atoms with E-state index >= 15 is 0 Å². The van der Waals surface area contributed by atoms with Gasteiger partial charge in [0, 0.05) is 12.1 Å². The highest BCUT2D eigenvalue weighted by Gasteiger charge is 2.24. The summed E-state index contributed by atoms with van der Waals surface area (Å²) in [5, 5.41) is 19.4. The van der Waals surface area contributed by atoms with Gasteiger partial charge in [0.2, 0.25) is 5.75 Å². The molecule has 1 aromatic rings. The summed E-state index contributed by atoms with van der Waals surface area (Å²) in [6.45, 7) is -3.26. The number of hydrogen-bond acceptors (Lipinski definition) is 5. The van der Waals surface area contributed by atoms with Crippen LogP contribution >= 0.6 is 0 Å². The maximum Gasteiger partial charge on any atom is 0.387 e. The number of carboxylic acids is 1. The largest absolute Gasteiger partial charge is 0.490 e. The molecule has 1 aromatic carbocycles. The molecular formula is C9H7F2NO6. The molecule has 0 unspecified atom stereocenters. The second-order valence-electron chi connectivity index (χ2n) is 2.96. The van der Waals surface area contributed by atoms with Gasteiger partial charge in [0.25, 0.3) is 0 Å². The molecule has 1 N–H and O–H groups in total. The molecule has 9 heteroatoms. The molecule has 0 aliphatic carbocycles. The number of carboxylic acid groups (broad SMARTS) is 1. The molecule has 0 saturated carbocycles. The Morgan fingerprint density at radius 1 is 1.44 bits per heavy atom. The summed E-state index contributed by atoms with van der Waals surface area (Å²) in [6.07, 6.45) is 0. The fourth-order valence-electron chi connectivity index (χ4n) is 1.22. The molecule has 1 rings (SSSR count). The zero-order valence-corrected chi connectivity index (χ0v) is 8.92. The minimum absolute atomic E-state index is 0.374. The number of hydrogen-bond donors (Lipinski definition) is 1. The van der Waals surface area contributed by atoms with Gasteiger partial charge in [-0.3, -0.25) is 10.1 Å². The SMILES string of the molecule is COc1cc(OC(F)F)c(C(=O)O)cc1[N+](=O)[O-]. The fraction of sp³-hybridized carbons (Fsp3) is 0.222. The Bertz CT molecular complexity index is 490. The van der Waals surface area contributed by atoms with Gasteiger partial charge in [0.15, 0.2) is 0 Å². The molecule has 0 radical (unpaired) electrons. The predicted molar refractivity (Wildman–Crippen MR) is 53.2 cm³/mol. The topological polar surface area (TPSA) is 98.9 Å². The monoisotopic (exact) mass is 263 g/mol. The minimum atomic E-state index is -3.26. The molecule has 0 aromatic heterocycles. The number of methoxy groups -OCH3 is 1. The Morgan fingerprint density at radius 3 is 2.44 bits per heavy atom. The summed E-state index contributed by atoms with van der Waals surface area (Å²) in [7, 11) is 1.08. The average Bonchev–Trinajstić information content (AvgIpc) is 2.26. The number of aromatic carboxylic acids is 1. The molecule has 0 spiro atoms. The number of nitro groups is 1. The molecule has 18 heavy (non-hydrogen) atoms. The quantitative estimate of drug-likeness (QED) is 0.643. The Kier molecular flexibility index (Phi) is 3.97. The molecule has 0 amide bonds. The molecule has 0 aliphatic heterocycles. The Hall–Kier alpha value is -2.45. The van der Waals surface area contributed by atoms with E-state index in [0.29, 0.717) is 6.07 Å². The van der Waals surface area contributed by atoms with E-state index in [1.807, 2.05) is 0 Å². The van der Waals surface area contributed by atoms with Gasteiger partial charge in [0.05, 0.1) is 12.0 Å². The van der Waals surface area contributed by atoms with Crippen molar-refractivity contribution in [1.82, 2.24) is 0 Å². The molecule has 98 valence electrons. The van der Waals surface area contributed by atoms with Crippen molar-refractivity contribution in [2.24, 2.45) is 0 Å². The first kappa shape index (κ1) is 13.6. The van der Waals surface area contributed by atoms with Crippen LogP contribution in [0, 0.1) is 10.1 Å². The number of halogens is 2. The van der Waals surface area contributed by atoms with Crippen molar-refractivity contribution in [3.63, 3.8) is 0 Å². The third-order valence-corrected chi connectivity index (χ3v) is 1.92. The summed E-state index contributed by atoms with van der Waals surface area (Å²) in [4.78, 5) is 20.5. The van der Waals surface area contributed by atoms with E-state index in [1.54, 1.807) is 0 Å². The molecule has 0 saturated heterocycles. The maximum absolute atomic E-state index is 12.1. The van der Waals surface area contributed by atoms with E-state index in [2.05, 4.69) is 9.47 Å². The van der Waals surface area contributed by atoms with Crippen molar-refractivity contribution in [2.45, 2.75) is 6.61 Å². The zero-order valence-electron chi connectivity index (χ0n) is 8.92. The van der Waals surface area contributed by atoms with Crippen LogP contribution in [0.25, 0.3) is 0 Å². The van der Waals surface area contributed by atoms with Crippen LogP contribution in [0.2, 0.25) is 0 Å². The second kappa shape index (κ2) is 5.25. The lowest BCUT2D eigenvalue weighted by Gasteiger charge is -2.10. The number of ether oxygens (including phenoxy) is 2. The van der Waals surface area contributed by atoms with Gasteiger partial charge in [-0.25, -0.2) is 4.79 Å². The highest BCUT2D eigenvalue weighted by Crippen LogP contribution is 2.35. The standard InChI is InChI=1S/C9H7F2NO6/c1-17-7-3-6(18-9(10)11)4(8(13)14)2-5(7)12(15)16/h2-3,9H,1H3,(H,13,14). The van der Waals surface area contributed by atoms with Crippen LogP contribution in [0.5, 0.6) is 11.5 Å².